The first-order valence-electron chi connectivity index (χ1n) is 5.52. The van der Waals surface area contributed by atoms with Crippen LogP contribution in [0.1, 0.15) is 18.4 Å². The molecule has 0 unspecified atom stereocenters. The lowest BCUT2D eigenvalue weighted by atomic mass is 10.2. The van der Waals surface area contributed by atoms with Crippen LogP contribution in [0.2, 0.25) is 0 Å². The van der Waals surface area contributed by atoms with Gasteiger partial charge in [-0.05, 0) is 36.6 Å². The van der Waals surface area contributed by atoms with E-state index in [9.17, 15) is 13.2 Å². The molecule has 2 nitrogen and oxygen atoms in total. The summed E-state index contributed by atoms with van der Waals surface area (Å²) in [4.78, 5) is 0. The van der Waals surface area contributed by atoms with Crippen molar-refractivity contribution >= 4 is 15.9 Å². The predicted molar refractivity (Wildman–Crippen MR) is 65.6 cm³/mol. The van der Waals surface area contributed by atoms with Crippen molar-refractivity contribution in [3.05, 3.63) is 28.2 Å². The number of nitrogens with one attached hydrogen (secondary N) is 1. The van der Waals surface area contributed by atoms with Crippen LogP contribution in [-0.4, -0.2) is 18.8 Å². The second-order valence-corrected chi connectivity index (χ2v) is 5.25. The zero-order chi connectivity index (χ0) is 13.4. The highest BCUT2D eigenvalue weighted by atomic mass is 79.9. The Hall–Kier alpha value is -0.750. The smallest absolute Gasteiger partial charge is 0.406 e. The number of methoxy groups -OCH3 is 1. The van der Waals surface area contributed by atoms with Crippen molar-refractivity contribution in [2.75, 3.05) is 7.11 Å². The Balaban J connectivity index is 2.07. The molecule has 100 valence electrons. The highest BCUT2D eigenvalue weighted by molar-refractivity contribution is 9.10. The van der Waals surface area contributed by atoms with Crippen molar-refractivity contribution in [3.63, 3.8) is 0 Å². The van der Waals surface area contributed by atoms with Crippen molar-refractivity contribution in [1.29, 1.82) is 0 Å². The second kappa shape index (κ2) is 4.74. The molecule has 0 heterocycles. The molecule has 0 radical (unpaired) electrons. The van der Waals surface area contributed by atoms with E-state index >= 15 is 0 Å². The Morgan fingerprint density at radius 2 is 2.06 bits per heavy atom. The van der Waals surface area contributed by atoms with Crippen LogP contribution < -0.4 is 10.1 Å². The molecule has 0 spiro atoms. The van der Waals surface area contributed by atoms with Gasteiger partial charge in [0.2, 0.25) is 0 Å². The van der Waals surface area contributed by atoms with Crippen LogP contribution in [0.5, 0.6) is 5.75 Å². The maximum Gasteiger partial charge on any atom is 0.406 e. The third kappa shape index (κ3) is 2.64. The van der Waals surface area contributed by atoms with Gasteiger partial charge in [0.15, 0.2) is 0 Å². The minimum Gasteiger partial charge on any atom is -0.497 e. The Morgan fingerprint density at radius 3 is 2.56 bits per heavy atom. The SMILES string of the molecule is COc1ccc(Br)c(CNC2(C(F)(F)F)CC2)c1. The predicted octanol–water partition coefficient (Wildman–Crippen LogP) is 3.64. The summed E-state index contributed by atoms with van der Waals surface area (Å²) in [6.07, 6.45) is -3.88. The molecule has 1 aromatic rings. The van der Waals surface area contributed by atoms with Gasteiger partial charge < -0.3 is 4.74 Å². The van der Waals surface area contributed by atoms with E-state index in [1.54, 1.807) is 18.2 Å². The van der Waals surface area contributed by atoms with Crippen LogP contribution >= 0.6 is 15.9 Å². The molecular weight excluding hydrogens is 311 g/mol. The average Bonchev–Trinajstić information content (AvgIpc) is 3.08. The number of alkyl halides is 3. The molecule has 1 aliphatic carbocycles. The quantitative estimate of drug-likeness (QED) is 0.913. The van der Waals surface area contributed by atoms with Gasteiger partial charge in [0, 0.05) is 11.0 Å². The number of rotatable bonds is 4. The largest absolute Gasteiger partial charge is 0.497 e. The summed E-state index contributed by atoms with van der Waals surface area (Å²) >= 11 is 3.32. The van der Waals surface area contributed by atoms with E-state index in [1.165, 1.54) is 7.11 Å². The molecule has 2 rings (SSSR count). The summed E-state index contributed by atoms with van der Waals surface area (Å²) in [5.41, 5.74) is -0.930. The Labute approximate surface area is 112 Å². The monoisotopic (exact) mass is 323 g/mol. The number of benzene rings is 1. The van der Waals surface area contributed by atoms with Crippen molar-refractivity contribution in [2.24, 2.45) is 0 Å². The normalized spacial score (nSPS) is 17.6. The van der Waals surface area contributed by atoms with Gasteiger partial charge in [0.25, 0.3) is 0 Å². The summed E-state index contributed by atoms with van der Waals surface area (Å²) in [7, 11) is 1.53. The summed E-state index contributed by atoms with van der Waals surface area (Å²) in [5.74, 6) is 0.631. The van der Waals surface area contributed by atoms with E-state index in [2.05, 4.69) is 21.2 Å². The van der Waals surface area contributed by atoms with E-state index in [0.29, 0.717) is 5.75 Å². The summed E-state index contributed by atoms with van der Waals surface area (Å²) in [6.45, 7) is 0.164. The minimum atomic E-state index is -4.18. The van der Waals surface area contributed by atoms with Crippen molar-refractivity contribution in [1.82, 2.24) is 5.32 Å². The maximum absolute atomic E-state index is 12.7. The van der Waals surface area contributed by atoms with Crippen LogP contribution in [0.3, 0.4) is 0 Å². The van der Waals surface area contributed by atoms with E-state index in [-0.39, 0.29) is 19.4 Å². The summed E-state index contributed by atoms with van der Waals surface area (Å²) in [6, 6.07) is 5.25. The topological polar surface area (TPSA) is 21.3 Å². The highest BCUT2D eigenvalue weighted by Gasteiger charge is 2.62. The van der Waals surface area contributed by atoms with Crippen LogP contribution in [0.25, 0.3) is 0 Å². The van der Waals surface area contributed by atoms with Crippen LogP contribution in [0.4, 0.5) is 13.2 Å². The number of hydrogen-bond donors (Lipinski definition) is 1. The van der Waals surface area contributed by atoms with E-state index in [4.69, 9.17) is 4.74 Å². The van der Waals surface area contributed by atoms with E-state index in [0.717, 1.165) is 10.0 Å². The Morgan fingerprint density at radius 1 is 1.39 bits per heavy atom. The van der Waals surface area contributed by atoms with Gasteiger partial charge >= 0.3 is 6.18 Å². The van der Waals surface area contributed by atoms with Crippen LogP contribution in [0, 0.1) is 0 Å². The van der Waals surface area contributed by atoms with Crippen LogP contribution in [-0.2, 0) is 6.54 Å². The van der Waals surface area contributed by atoms with E-state index in [1.807, 2.05) is 0 Å². The zero-order valence-corrected chi connectivity index (χ0v) is 11.4. The first kappa shape index (κ1) is 13.7. The van der Waals surface area contributed by atoms with Crippen molar-refractivity contribution in [2.45, 2.75) is 31.1 Å². The second-order valence-electron chi connectivity index (χ2n) is 4.39. The zero-order valence-electron chi connectivity index (χ0n) is 9.77. The molecule has 1 aliphatic rings. The molecular formula is C12H13BrF3NO. The Kier molecular flexibility index (Phi) is 3.60. The molecule has 0 amide bonds. The van der Waals surface area contributed by atoms with Gasteiger partial charge in [0.05, 0.1) is 7.11 Å². The maximum atomic E-state index is 12.7. The molecule has 1 N–H and O–H groups in total. The summed E-state index contributed by atoms with van der Waals surface area (Å²) in [5, 5.41) is 2.61. The van der Waals surface area contributed by atoms with Gasteiger partial charge in [-0.1, -0.05) is 15.9 Å². The fraction of sp³-hybridized carbons (Fsp3) is 0.500. The number of halogens is 4. The lowest BCUT2D eigenvalue weighted by Crippen LogP contribution is -2.44. The number of hydrogen-bond acceptors (Lipinski definition) is 2. The van der Waals surface area contributed by atoms with Gasteiger partial charge in [0.1, 0.15) is 11.3 Å². The van der Waals surface area contributed by atoms with Crippen molar-refractivity contribution < 1.29 is 17.9 Å². The third-order valence-electron chi connectivity index (χ3n) is 3.16. The minimum absolute atomic E-state index is 0.151. The fourth-order valence-corrected chi connectivity index (χ4v) is 2.15. The molecule has 0 atom stereocenters. The molecule has 6 heteroatoms. The number of ether oxygens (including phenoxy) is 1. The first-order chi connectivity index (χ1) is 8.38. The summed E-state index contributed by atoms with van der Waals surface area (Å²) < 4.78 is 44.1. The third-order valence-corrected chi connectivity index (χ3v) is 3.94. The molecule has 0 bridgehead atoms. The van der Waals surface area contributed by atoms with Gasteiger partial charge in [-0.15, -0.1) is 0 Å². The molecule has 1 aromatic carbocycles. The molecule has 0 saturated heterocycles. The lowest BCUT2D eigenvalue weighted by molar-refractivity contribution is -0.166. The van der Waals surface area contributed by atoms with Gasteiger partial charge in [-0.3, -0.25) is 5.32 Å². The first-order valence-corrected chi connectivity index (χ1v) is 6.31. The van der Waals surface area contributed by atoms with Crippen LogP contribution in [0.15, 0.2) is 22.7 Å². The van der Waals surface area contributed by atoms with E-state index < -0.39 is 11.7 Å². The fourth-order valence-electron chi connectivity index (χ4n) is 1.76. The van der Waals surface area contributed by atoms with Gasteiger partial charge in [-0.25, -0.2) is 0 Å². The molecule has 1 saturated carbocycles. The molecule has 18 heavy (non-hydrogen) atoms. The molecule has 0 aliphatic heterocycles. The molecule has 1 fully saturated rings. The lowest BCUT2D eigenvalue weighted by Gasteiger charge is -2.21. The highest BCUT2D eigenvalue weighted by Crippen LogP contribution is 2.49. The van der Waals surface area contributed by atoms with Crippen molar-refractivity contribution in [3.8, 4) is 5.75 Å². The Bertz CT molecular complexity index is 443. The molecule has 0 aromatic heterocycles. The standard InChI is InChI=1S/C12H13BrF3NO/c1-18-9-2-3-10(13)8(6-9)7-17-11(4-5-11)12(14,15)16/h2-3,6,17H,4-5,7H2,1H3. The average molecular weight is 324 g/mol. The van der Waals surface area contributed by atoms with Gasteiger partial charge in [-0.2, -0.15) is 13.2 Å².